The van der Waals surface area contributed by atoms with Crippen molar-refractivity contribution >= 4 is 33.4 Å². The summed E-state index contributed by atoms with van der Waals surface area (Å²) in [6.07, 6.45) is 2.58. The van der Waals surface area contributed by atoms with Crippen LogP contribution >= 0.6 is 15.9 Å². The Bertz CT molecular complexity index is 567. The number of halogens is 2. The van der Waals surface area contributed by atoms with E-state index in [1.165, 1.54) is 12.1 Å². The zero-order chi connectivity index (χ0) is 14.0. The molecule has 0 amide bonds. The highest BCUT2D eigenvalue weighted by Crippen LogP contribution is 2.32. The summed E-state index contributed by atoms with van der Waals surface area (Å²) in [6, 6.07) is 4.28. The highest BCUT2D eigenvalue weighted by atomic mass is 79.9. The molecule has 1 aliphatic carbocycles. The molecule has 0 spiro atoms. The fourth-order valence-electron chi connectivity index (χ4n) is 1.55. The SMILES string of the molecule is O=C(O)C(=CNc1ccc(Br)c(F)c1)C(=O)C1CC1. The number of hydrogen-bond donors (Lipinski definition) is 2. The third kappa shape index (κ3) is 3.41. The first-order chi connectivity index (χ1) is 8.99. The van der Waals surface area contributed by atoms with Crippen molar-refractivity contribution in [2.45, 2.75) is 12.8 Å². The third-order valence-corrected chi connectivity index (χ3v) is 3.39. The number of Topliss-reactive ketones (excluding diaryl/α,β-unsaturated/α-hetero) is 1. The van der Waals surface area contributed by atoms with Gasteiger partial charge in [0.25, 0.3) is 0 Å². The van der Waals surface area contributed by atoms with E-state index in [9.17, 15) is 14.0 Å². The molecule has 1 fully saturated rings. The lowest BCUT2D eigenvalue weighted by Gasteiger charge is -2.04. The van der Waals surface area contributed by atoms with Crippen LogP contribution in [-0.2, 0) is 9.59 Å². The summed E-state index contributed by atoms with van der Waals surface area (Å²) in [7, 11) is 0. The summed E-state index contributed by atoms with van der Waals surface area (Å²) in [6.45, 7) is 0. The van der Waals surface area contributed by atoms with Crippen LogP contribution in [0.4, 0.5) is 10.1 Å². The Labute approximate surface area is 117 Å². The standard InChI is InChI=1S/C13H11BrFNO3/c14-10-4-3-8(5-11(10)15)16-6-9(13(18)19)12(17)7-1-2-7/h3-7,16H,1-2H2,(H,18,19). The molecule has 2 N–H and O–H groups in total. The maximum absolute atomic E-state index is 13.3. The highest BCUT2D eigenvalue weighted by molar-refractivity contribution is 9.10. The number of aliphatic carboxylic acids is 1. The third-order valence-electron chi connectivity index (χ3n) is 2.75. The lowest BCUT2D eigenvalue weighted by molar-refractivity contribution is -0.134. The molecule has 4 nitrogen and oxygen atoms in total. The Morgan fingerprint density at radius 3 is 2.63 bits per heavy atom. The molecule has 100 valence electrons. The Morgan fingerprint density at radius 1 is 1.42 bits per heavy atom. The van der Waals surface area contributed by atoms with E-state index in [0.29, 0.717) is 10.2 Å². The predicted molar refractivity (Wildman–Crippen MR) is 71.2 cm³/mol. The number of nitrogens with one attached hydrogen (secondary N) is 1. The van der Waals surface area contributed by atoms with Crippen LogP contribution in [0.3, 0.4) is 0 Å². The molecule has 0 unspecified atom stereocenters. The Balaban J connectivity index is 2.15. The smallest absolute Gasteiger partial charge is 0.340 e. The average Bonchev–Trinajstić information content (AvgIpc) is 3.17. The lowest BCUT2D eigenvalue weighted by Crippen LogP contribution is -2.15. The first-order valence-corrected chi connectivity index (χ1v) is 6.47. The van der Waals surface area contributed by atoms with Crippen molar-refractivity contribution < 1.29 is 19.1 Å². The van der Waals surface area contributed by atoms with E-state index in [-0.39, 0.29) is 17.3 Å². The molecule has 0 bridgehead atoms. The van der Waals surface area contributed by atoms with Crippen molar-refractivity contribution in [2.75, 3.05) is 5.32 Å². The number of benzene rings is 1. The fourth-order valence-corrected chi connectivity index (χ4v) is 1.79. The normalized spacial score (nSPS) is 15.2. The molecule has 0 heterocycles. The van der Waals surface area contributed by atoms with Crippen LogP contribution in [0.25, 0.3) is 0 Å². The second-order valence-electron chi connectivity index (χ2n) is 4.27. The summed E-state index contributed by atoms with van der Waals surface area (Å²) in [5.74, 6) is -2.30. The molecule has 19 heavy (non-hydrogen) atoms. The maximum Gasteiger partial charge on any atom is 0.340 e. The first kappa shape index (κ1) is 13.7. The number of carbonyl (C=O) groups excluding carboxylic acids is 1. The van der Waals surface area contributed by atoms with Crippen molar-refractivity contribution in [3.8, 4) is 0 Å². The molecule has 1 aromatic rings. The average molecular weight is 328 g/mol. The van der Waals surface area contributed by atoms with Crippen LogP contribution in [0.15, 0.2) is 34.4 Å². The molecule has 0 aromatic heterocycles. The summed E-state index contributed by atoms with van der Waals surface area (Å²) < 4.78 is 13.6. The molecule has 2 rings (SSSR count). The summed E-state index contributed by atoms with van der Waals surface area (Å²) in [4.78, 5) is 22.7. The number of ketones is 1. The van der Waals surface area contributed by atoms with Crippen LogP contribution < -0.4 is 5.32 Å². The van der Waals surface area contributed by atoms with Gasteiger partial charge in [0.15, 0.2) is 5.78 Å². The van der Waals surface area contributed by atoms with E-state index in [4.69, 9.17) is 5.11 Å². The quantitative estimate of drug-likeness (QED) is 0.495. The van der Waals surface area contributed by atoms with Crippen molar-refractivity contribution in [1.82, 2.24) is 0 Å². The van der Waals surface area contributed by atoms with E-state index in [1.54, 1.807) is 6.07 Å². The monoisotopic (exact) mass is 327 g/mol. The number of hydrogen-bond acceptors (Lipinski definition) is 3. The van der Waals surface area contributed by atoms with Crippen molar-refractivity contribution in [2.24, 2.45) is 5.92 Å². The minimum atomic E-state index is -1.28. The number of carboxylic acids is 1. The molecule has 6 heteroatoms. The minimum absolute atomic E-state index is 0.175. The number of carboxylic acid groups (broad SMARTS) is 1. The van der Waals surface area contributed by atoms with E-state index in [1.807, 2.05) is 0 Å². The van der Waals surface area contributed by atoms with Crippen LogP contribution in [0, 0.1) is 11.7 Å². The maximum atomic E-state index is 13.3. The zero-order valence-corrected chi connectivity index (χ0v) is 11.4. The topological polar surface area (TPSA) is 66.4 Å². The van der Waals surface area contributed by atoms with Gasteiger partial charge in [-0.1, -0.05) is 0 Å². The summed E-state index contributed by atoms with van der Waals surface area (Å²) >= 11 is 3.02. The van der Waals surface area contributed by atoms with E-state index in [0.717, 1.165) is 19.0 Å². The molecule has 1 aromatic carbocycles. The Hall–Kier alpha value is -1.69. The van der Waals surface area contributed by atoms with Crippen molar-refractivity contribution in [3.05, 3.63) is 40.3 Å². The van der Waals surface area contributed by atoms with Gasteiger partial charge in [-0.2, -0.15) is 0 Å². The van der Waals surface area contributed by atoms with Gasteiger partial charge in [0.2, 0.25) is 0 Å². The largest absolute Gasteiger partial charge is 0.478 e. The predicted octanol–water partition coefficient (Wildman–Crippen LogP) is 2.95. The van der Waals surface area contributed by atoms with Gasteiger partial charge in [0.05, 0.1) is 4.47 Å². The number of carbonyl (C=O) groups is 2. The van der Waals surface area contributed by atoms with Gasteiger partial charge < -0.3 is 10.4 Å². The Morgan fingerprint density at radius 2 is 2.11 bits per heavy atom. The molecule has 1 aliphatic rings. The van der Waals surface area contributed by atoms with E-state index >= 15 is 0 Å². The molecule has 0 aliphatic heterocycles. The number of anilines is 1. The lowest BCUT2D eigenvalue weighted by atomic mass is 10.1. The van der Waals surface area contributed by atoms with Gasteiger partial charge in [-0.3, -0.25) is 4.79 Å². The molecular formula is C13H11BrFNO3. The molecule has 1 saturated carbocycles. The molecule has 0 saturated heterocycles. The van der Waals surface area contributed by atoms with Gasteiger partial charge in [0.1, 0.15) is 11.4 Å². The van der Waals surface area contributed by atoms with Gasteiger partial charge >= 0.3 is 5.97 Å². The second-order valence-corrected chi connectivity index (χ2v) is 5.13. The van der Waals surface area contributed by atoms with Gasteiger partial charge in [0, 0.05) is 17.8 Å². The van der Waals surface area contributed by atoms with Crippen LogP contribution in [-0.4, -0.2) is 16.9 Å². The van der Waals surface area contributed by atoms with Crippen molar-refractivity contribution in [1.29, 1.82) is 0 Å². The summed E-state index contributed by atoms with van der Waals surface area (Å²) in [5, 5.41) is 11.6. The number of rotatable bonds is 5. The first-order valence-electron chi connectivity index (χ1n) is 5.68. The van der Waals surface area contributed by atoms with Gasteiger partial charge in [-0.05, 0) is 47.0 Å². The van der Waals surface area contributed by atoms with E-state index < -0.39 is 11.8 Å². The second kappa shape index (κ2) is 5.52. The molecule has 0 atom stereocenters. The summed E-state index contributed by atoms with van der Waals surface area (Å²) in [5.41, 5.74) is 0.0777. The molecular weight excluding hydrogens is 317 g/mol. The fraction of sp³-hybridized carbons (Fsp3) is 0.231. The van der Waals surface area contributed by atoms with Crippen LogP contribution in [0.1, 0.15) is 12.8 Å². The van der Waals surface area contributed by atoms with Gasteiger partial charge in [-0.15, -0.1) is 0 Å². The molecule has 0 radical (unpaired) electrons. The van der Waals surface area contributed by atoms with Gasteiger partial charge in [-0.25, -0.2) is 9.18 Å². The zero-order valence-electron chi connectivity index (χ0n) is 9.82. The van der Waals surface area contributed by atoms with E-state index in [2.05, 4.69) is 21.2 Å². The minimum Gasteiger partial charge on any atom is -0.478 e. The highest BCUT2D eigenvalue weighted by Gasteiger charge is 2.34. The van der Waals surface area contributed by atoms with Crippen LogP contribution in [0.2, 0.25) is 0 Å². The Kier molecular flexibility index (Phi) is 3.99. The van der Waals surface area contributed by atoms with Crippen LogP contribution in [0.5, 0.6) is 0 Å². The van der Waals surface area contributed by atoms with Crippen molar-refractivity contribution in [3.63, 3.8) is 0 Å².